The van der Waals surface area contributed by atoms with Gasteiger partial charge in [0.1, 0.15) is 6.26 Å². The van der Waals surface area contributed by atoms with Crippen molar-refractivity contribution < 1.29 is 12.6 Å². The molecule has 4 heteroatoms. The van der Waals surface area contributed by atoms with Gasteiger partial charge in [-0.15, -0.1) is 0 Å². The second-order valence-electron chi connectivity index (χ2n) is 2.53. The van der Waals surface area contributed by atoms with Crippen LogP contribution < -0.4 is 0 Å². The zero-order chi connectivity index (χ0) is 7.61. The standard InChI is InChI=1S/C6H10O3S/c1-6-3-2-4-9-10(7,8)5-6/h2,4,6H,3,5H2,1H3. The van der Waals surface area contributed by atoms with Crippen molar-refractivity contribution in [1.29, 1.82) is 0 Å². The van der Waals surface area contributed by atoms with Crippen LogP contribution in [0.4, 0.5) is 0 Å². The highest BCUT2D eigenvalue weighted by Crippen LogP contribution is 2.12. The van der Waals surface area contributed by atoms with Gasteiger partial charge in [0, 0.05) is 0 Å². The average molecular weight is 162 g/mol. The molecule has 0 aliphatic carbocycles. The van der Waals surface area contributed by atoms with Crippen molar-refractivity contribution in [2.24, 2.45) is 5.92 Å². The van der Waals surface area contributed by atoms with Crippen LogP contribution in [0.15, 0.2) is 12.3 Å². The van der Waals surface area contributed by atoms with Crippen LogP contribution in [0, 0.1) is 5.92 Å². The van der Waals surface area contributed by atoms with E-state index in [2.05, 4.69) is 4.18 Å². The van der Waals surface area contributed by atoms with Gasteiger partial charge < -0.3 is 4.18 Å². The fourth-order valence-electron chi connectivity index (χ4n) is 0.868. The molecule has 58 valence electrons. The first-order valence-corrected chi connectivity index (χ1v) is 4.74. The third-order valence-corrected chi connectivity index (χ3v) is 2.71. The summed E-state index contributed by atoms with van der Waals surface area (Å²) in [7, 11) is -3.26. The maximum Gasteiger partial charge on any atom is 0.308 e. The zero-order valence-corrected chi connectivity index (χ0v) is 6.60. The van der Waals surface area contributed by atoms with Crippen molar-refractivity contribution in [3.05, 3.63) is 12.3 Å². The summed E-state index contributed by atoms with van der Waals surface area (Å²) in [6, 6.07) is 0. The molecular formula is C6H10O3S. The molecule has 1 atom stereocenters. The lowest BCUT2D eigenvalue weighted by Crippen LogP contribution is -2.11. The molecule has 10 heavy (non-hydrogen) atoms. The van der Waals surface area contributed by atoms with Gasteiger partial charge in [-0.05, 0) is 18.4 Å². The predicted molar refractivity (Wildman–Crippen MR) is 37.8 cm³/mol. The van der Waals surface area contributed by atoms with Gasteiger partial charge in [-0.25, -0.2) is 0 Å². The van der Waals surface area contributed by atoms with Crippen LogP contribution in [-0.2, 0) is 14.3 Å². The molecule has 0 aromatic carbocycles. The van der Waals surface area contributed by atoms with Gasteiger partial charge in [0.25, 0.3) is 0 Å². The second kappa shape index (κ2) is 2.62. The van der Waals surface area contributed by atoms with E-state index in [0.29, 0.717) is 0 Å². The smallest absolute Gasteiger partial charge is 0.308 e. The van der Waals surface area contributed by atoms with Crippen molar-refractivity contribution in [2.75, 3.05) is 5.75 Å². The van der Waals surface area contributed by atoms with E-state index in [9.17, 15) is 8.42 Å². The molecule has 0 aromatic heterocycles. The van der Waals surface area contributed by atoms with Crippen LogP contribution >= 0.6 is 0 Å². The molecule has 0 saturated heterocycles. The molecule has 1 unspecified atom stereocenters. The highest BCUT2D eigenvalue weighted by Gasteiger charge is 2.17. The molecule has 0 bridgehead atoms. The summed E-state index contributed by atoms with van der Waals surface area (Å²) in [6.07, 6.45) is 3.76. The zero-order valence-electron chi connectivity index (χ0n) is 5.78. The third-order valence-electron chi connectivity index (χ3n) is 1.33. The maximum absolute atomic E-state index is 10.8. The Labute approximate surface area is 60.8 Å². The Morgan fingerprint density at radius 3 is 3.00 bits per heavy atom. The Morgan fingerprint density at radius 1 is 1.60 bits per heavy atom. The second-order valence-corrected chi connectivity index (χ2v) is 4.17. The lowest BCUT2D eigenvalue weighted by atomic mass is 10.1. The van der Waals surface area contributed by atoms with Gasteiger partial charge in [-0.1, -0.05) is 6.92 Å². The van der Waals surface area contributed by atoms with Crippen molar-refractivity contribution in [3.63, 3.8) is 0 Å². The summed E-state index contributed by atoms with van der Waals surface area (Å²) >= 11 is 0. The molecule has 1 aliphatic heterocycles. The molecule has 3 nitrogen and oxygen atoms in total. The molecule has 0 spiro atoms. The van der Waals surface area contributed by atoms with E-state index < -0.39 is 10.1 Å². The summed E-state index contributed by atoms with van der Waals surface area (Å²) in [4.78, 5) is 0. The molecule has 0 aromatic rings. The minimum atomic E-state index is -3.26. The Hall–Kier alpha value is -0.510. The van der Waals surface area contributed by atoms with Gasteiger partial charge in [0.2, 0.25) is 0 Å². The van der Waals surface area contributed by atoms with Crippen molar-refractivity contribution in [1.82, 2.24) is 0 Å². The van der Waals surface area contributed by atoms with Gasteiger partial charge >= 0.3 is 10.1 Å². The minimum absolute atomic E-state index is 0.125. The molecule has 0 saturated carbocycles. The van der Waals surface area contributed by atoms with Crippen LogP contribution in [0.3, 0.4) is 0 Å². The first-order chi connectivity index (χ1) is 4.60. The highest BCUT2D eigenvalue weighted by molar-refractivity contribution is 7.86. The maximum atomic E-state index is 10.8. The van der Waals surface area contributed by atoms with Crippen LogP contribution in [0.25, 0.3) is 0 Å². The van der Waals surface area contributed by atoms with Crippen molar-refractivity contribution in [3.8, 4) is 0 Å². The fourth-order valence-corrected chi connectivity index (χ4v) is 2.03. The number of allylic oxidation sites excluding steroid dienone is 1. The molecular weight excluding hydrogens is 152 g/mol. The first kappa shape index (κ1) is 7.60. The van der Waals surface area contributed by atoms with E-state index in [1.54, 1.807) is 6.08 Å². The number of rotatable bonds is 0. The predicted octanol–water partition coefficient (Wildman–Crippen LogP) is 0.886. The summed E-state index contributed by atoms with van der Waals surface area (Å²) in [5.41, 5.74) is 0. The Morgan fingerprint density at radius 2 is 2.30 bits per heavy atom. The van der Waals surface area contributed by atoms with E-state index in [1.165, 1.54) is 6.26 Å². The van der Waals surface area contributed by atoms with Gasteiger partial charge in [-0.2, -0.15) is 8.42 Å². The monoisotopic (exact) mass is 162 g/mol. The Bertz CT molecular complexity index is 227. The topological polar surface area (TPSA) is 43.4 Å². The van der Waals surface area contributed by atoms with Crippen LogP contribution in [0.2, 0.25) is 0 Å². The SMILES string of the molecule is CC1CC=COS(=O)(=O)C1. The van der Waals surface area contributed by atoms with E-state index in [-0.39, 0.29) is 11.7 Å². The van der Waals surface area contributed by atoms with Crippen molar-refractivity contribution >= 4 is 10.1 Å². The molecule has 1 aliphatic rings. The van der Waals surface area contributed by atoms with Crippen LogP contribution in [0.5, 0.6) is 0 Å². The van der Waals surface area contributed by atoms with Crippen molar-refractivity contribution in [2.45, 2.75) is 13.3 Å². The van der Waals surface area contributed by atoms with E-state index in [1.807, 2.05) is 6.92 Å². The van der Waals surface area contributed by atoms with Gasteiger partial charge in [-0.3, -0.25) is 0 Å². The molecule has 0 N–H and O–H groups in total. The molecule has 1 heterocycles. The lowest BCUT2D eigenvalue weighted by Gasteiger charge is -2.03. The molecule has 1 rings (SSSR count). The van der Waals surface area contributed by atoms with E-state index >= 15 is 0 Å². The number of hydrogen-bond donors (Lipinski definition) is 0. The average Bonchev–Trinajstić information content (AvgIpc) is 1.90. The normalized spacial score (nSPS) is 30.7. The largest absolute Gasteiger partial charge is 0.391 e. The van der Waals surface area contributed by atoms with Gasteiger partial charge in [0.15, 0.2) is 0 Å². The van der Waals surface area contributed by atoms with E-state index in [4.69, 9.17) is 0 Å². The third kappa shape index (κ3) is 2.02. The summed E-state index contributed by atoms with van der Waals surface area (Å²) in [6.45, 7) is 1.89. The molecule has 0 fully saturated rings. The van der Waals surface area contributed by atoms with Gasteiger partial charge in [0.05, 0.1) is 5.75 Å². The first-order valence-electron chi connectivity index (χ1n) is 3.16. The molecule has 0 radical (unpaired) electrons. The van der Waals surface area contributed by atoms with E-state index in [0.717, 1.165) is 6.42 Å². The lowest BCUT2D eigenvalue weighted by molar-refractivity contribution is 0.442. The number of hydrogen-bond acceptors (Lipinski definition) is 3. The Balaban J connectivity index is 2.76. The van der Waals surface area contributed by atoms with Crippen LogP contribution in [0.1, 0.15) is 13.3 Å². The summed E-state index contributed by atoms with van der Waals surface area (Å²) in [5.74, 6) is 0.295. The summed E-state index contributed by atoms with van der Waals surface area (Å²) < 4.78 is 26.1. The minimum Gasteiger partial charge on any atom is -0.391 e. The summed E-state index contributed by atoms with van der Waals surface area (Å²) in [5, 5.41) is 0. The van der Waals surface area contributed by atoms with Crippen LogP contribution in [-0.4, -0.2) is 14.2 Å². The molecule has 0 amide bonds. The Kier molecular flexibility index (Phi) is 1.99. The quantitative estimate of drug-likeness (QED) is 0.497. The fraction of sp³-hybridized carbons (Fsp3) is 0.667. The highest BCUT2D eigenvalue weighted by atomic mass is 32.2.